The molecule has 0 fully saturated rings. The Morgan fingerprint density at radius 3 is 2.29 bits per heavy atom. The van der Waals surface area contributed by atoms with Crippen molar-refractivity contribution in [3.8, 4) is 0 Å². The number of hydrogen-bond donors (Lipinski definition) is 2. The number of aryl methyl sites for hydroxylation is 1. The lowest BCUT2D eigenvalue weighted by Gasteiger charge is -2.19. The third kappa shape index (κ3) is 3.98. The van der Waals surface area contributed by atoms with Gasteiger partial charge in [0, 0.05) is 5.69 Å². The zero-order chi connectivity index (χ0) is 15.5. The molecule has 0 spiro atoms. The van der Waals surface area contributed by atoms with Gasteiger partial charge < -0.3 is 10.4 Å². The summed E-state index contributed by atoms with van der Waals surface area (Å²) in [7, 11) is 0. The van der Waals surface area contributed by atoms with Crippen LogP contribution in [-0.4, -0.2) is 11.7 Å². The monoisotopic (exact) mass is 295 g/mol. The molecule has 0 radical (unpaired) electrons. The van der Waals surface area contributed by atoms with Crippen LogP contribution >= 0.6 is 0 Å². The molecule has 2 nitrogen and oxygen atoms in total. The molecular formula is C16H16F3NO. The predicted octanol–water partition coefficient (Wildman–Crippen LogP) is 4.16. The topological polar surface area (TPSA) is 32.3 Å². The molecule has 0 aromatic heterocycles. The number of aliphatic hydroxyl groups is 1. The Hall–Kier alpha value is -2.01. The highest BCUT2D eigenvalue weighted by atomic mass is 19.4. The minimum Gasteiger partial charge on any atom is -0.394 e. The molecule has 1 unspecified atom stereocenters. The molecule has 0 aliphatic rings. The van der Waals surface area contributed by atoms with Gasteiger partial charge in [0.05, 0.1) is 18.2 Å². The number of hydrogen-bond acceptors (Lipinski definition) is 2. The van der Waals surface area contributed by atoms with Crippen LogP contribution in [0, 0.1) is 6.92 Å². The lowest BCUT2D eigenvalue weighted by Crippen LogP contribution is -2.15. The maximum Gasteiger partial charge on any atom is 0.416 e. The van der Waals surface area contributed by atoms with Gasteiger partial charge in [-0.25, -0.2) is 0 Å². The minimum absolute atomic E-state index is 0.209. The molecule has 2 aromatic carbocycles. The van der Waals surface area contributed by atoms with E-state index in [9.17, 15) is 18.3 Å². The average Bonchev–Trinajstić information content (AvgIpc) is 2.44. The van der Waals surface area contributed by atoms with Crippen molar-refractivity contribution in [2.75, 3.05) is 11.9 Å². The molecule has 5 heteroatoms. The van der Waals surface area contributed by atoms with Crippen molar-refractivity contribution < 1.29 is 18.3 Å². The van der Waals surface area contributed by atoms with E-state index in [0.29, 0.717) is 5.56 Å². The molecule has 21 heavy (non-hydrogen) atoms. The van der Waals surface area contributed by atoms with Crippen LogP contribution in [-0.2, 0) is 6.18 Å². The van der Waals surface area contributed by atoms with Gasteiger partial charge in [-0.2, -0.15) is 13.2 Å². The SMILES string of the molecule is Cc1cccc(NC(CO)c2ccc(C(F)(F)F)cc2)c1. The van der Waals surface area contributed by atoms with E-state index in [0.717, 1.165) is 23.4 Å². The molecular weight excluding hydrogens is 279 g/mol. The Morgan fingerprint density at radius 1 is 1.10 bits per heavy atom. The number of aliphatic hydroxyl groups excluding tert-OH is 1. The summed E-state index contributed by atoms with van der Waals surface area (Å²) in [6, 6.07) is 11.9. The molecule has 2 rings (SSSR count). The number of anilines is 1. The molecule has 112 valence electrons. The van der Waals surface area contributed by atoms with Gasteiger partial charge in [0.25, 0.3) is 0 Å². The third-order valence-corrected chi connectivity index (χ3v) is 3.18. The summed E-state index contributed by atoms with van der Waals surface area (Å²) < 4.78 is 37.6. The van der Waals surface area contributed by atoms with E-state index < -0.39 is 17.8 Å². The maximum atomic E-state index is 12.5. The normalized spacial score (nSPS) is 13.0. The van der Waals surface area contributed by atoms with Gasteiger partial charge in [0.1, 0.15) is 0 Å². The van der Waals surface area contributed by atoms with E-state index >= 15 is 0 Å². The van der Waals surface area contributed by atoms with Crippen LogP contribution in [0.1, 0.15) is 22.7 Å². The molecule has 2 aromatic rings. The molecule has 2 N–H and O–H groups in total. The highest BCUT2D eigenvalue weighted by molar-refractivity contribution is 5.47. The minimum atomic E-state index is -4.35. The maximum absolute atomic E-state index is 12.5. The van der Waals surface area contributed by atoms with Gasteiger partial charge in [-0.1, -0.05) is 24.3 Å². The fraction of sp³-hybridized carbons (Fsp3) is 0.250. The van der Waals surface area contributed by atoms with Crippen LogP contribution < -0.4 is 5.32 Å². The summed E-state index contributed by atoms with van der Waals surface area (Å²) in [5.74, 6) is 0. The number of benzene rings is 2. The van der Waals surface area contributed by atoms with Crippen LogP contribution in [0.25, 0.3) is 0 Å². The molecule has 0 saturated carbocycles. The van der Waals surface area contributed by atoms with Crippen LogP contribution in [0.15, 0.2) is 48.5 Å². The summed E-state index contributed by atoms with van der Waals surface area (Å²) in [5.41, 5.74) is 1.78. The van der Waals surface area contributed by atoms with E-state index in [1.807, 2.05) is 31.2 Å². The van der Waals surface area contributed by atoms with Crippen molar-refractivity contribution in [1.82, 2.24) is 0 Å². The average molecular weight is 295 g/mol. The lowest BCUT2D eigenvalue weighted by molar-refractivity contribution is -0.137. The fourth-order valence-electron chi connectivity index (χ4n) is 2.07. The first-order valence-electron chi connectivity index (χ1n) is 6.51. The van der Waals surface area contributed by atoms with Crippen LogP contribution in [0.3, 0.4) is 0 Å². The van der Waals surface area contributed by atoms with E-state index in [2.05, 4.69) is 5.32 Å². The zero-order valence-corrected chi connectivity index (χ0v) is 11.5. The highest BCUT2D eigenvalue weighted by Gasteiger charge is 2.30. The smallest absolute Gasteiger partial charge is 0.394 e. The fourth-order valence-corrected chi connectivity index (χ4v) is 2.07. The van der Waals surface area contributed by atoms with Crippen molar-refractivity contribution >= 4 is 5.69 Å². The Bertz CT molecular complexity index is 593. The second-order valence-electron chi connectivity index (χ2n) is 4.87. The third-order valence-electron chi connectivity index (χ3n) is 3.18. The molecule has 0 aliphatic heterocycles. The Morgan fingerprint density at radius 2 is 1.76 bits per heavy atom. The van der Waals surface area contributed by atoms with Crippen molar-refractivity contribution in [2.45, 2.75) is 19.1 Å². The van der Waals surface area contributed by atoms with E-state index in [4.69, 9.17) is 0 Å². The van der Waals surface area contributed by atoms with Gasteiger partial charge in [-0.3, -0.25) is 0 Å². The molecule has 0 heterocycles. The largest absolute Gasteiger partial charge is 0.416 e. The lowest BCUT2D eigenvalue weighted by atomic mass is 10.0. The molecule has 1 atom stereocenters. The first-order valence-corrected chi connectivity index (χ1v) is 6.51. The van der Waals surface area contributed by atoms with Crippen molar-refractivity contribution in [3.63, 3.8) is 0 Å². The molecule has 0 amide bonds. The molecule has 0 bridgehead atoms. The first kappa shape index (κ1) is 15.4. The van der Waals surface area contributed by atoms with Gasteiger partial charge >= 0.3 is 6.18 Å². The van der Waals surface area contributed by atoms with Crippen LogP contribution in [0.4, 0.5) is 18.9 Å². The summed E-state index contributed by atoms with van der Waals surface area (Å²) in [5, 5.41) is 12.6. The van der Waals surface area contributed by atoms with Crippen LogP contribution in [0.5, 0.6) is 0 Å². The van der Waals surface area contributed by atoms with Crippen LogP contribution in [0.2, 0.25) is 0 Å². The zero-order valence-electron chi connectivity index (χ0n) is 11.5. The van der Waals surface area contributed by atoms with Crippen molar-refractivity contribution in [1.29, 1.82) is 0 Å². The Balaban J connectivity index is 2.18. The van der Waals surface area contributed by atoms with E-state index in [-0.39, 0.29) is 6.61 Å². The Labute approximate surface area is 121 Å². The van der Waals surface area contributed by atoms with Gasteiger partial charge in [0.2, 0.25) is 0 Å². The summed E-state index contributed by atoms with van der Waals surface area (Å²) in [6.45, 7) is 1.73. The standard InChI is InChI=1S/C16H16F3NO/c1-11-3-2-4-14(9-11)20-15(10-21)12-5-7-13(8-6-12)16(17,18)19/h2-9,15,20-21H,10H2,1H3. The van der Waals surface area contributed by atoms with Gasteiger partial charge in [-0.05, 0) is 42.3 Å². The highest BCUT2D eigenvalue weighted by Crippen LogP contribution is 2.30. The molecule has 0 aliphatic carbocycles. The number of halogens is 3. The van der Waals surface area contributed by atoms with Gasteiger partial charge in [0.15, 0.2) is 0 Å². The number of rotatable bonds is 4. The first-order chi connectivity index (χ1) is 9.90. The summed E-state index contributed by atoms with van der Waals surface area (Å²) in [4.78, 5) is 0. The predicted molar refractivity (Wildman–Crippen MR) is 76.1 cm³/mol. The van der Waals surface area contributed by atoms with E-state index in [1.165, 1.54) is 12.1 Å². The van der Waals surface area contributed by atoms with Gasteiger partial charge in [-0.15, -0.1) is 0 Å². The summed E-state index contributed by atoms with van der Waals surface area (Å²) in [6.07, 6.45) is -4.35. The molecule has 0 saturated heterocycles. The number of alkyl halides is 3. The van der Waals surface area contributed by atoms with Crippen molar-refractivity contribution in [3.05, 3.63) is 65.2 Å². The summed E-state index contributed by atoms with van der Waals surface area (Å²) >= 11 is 0. The van der Waals surface area contributed by atoms with Crippen molar-refractivity contribution in [2.24, 2.45) is 0 Å². The second-order valence-corrected chi connectivity index (χ2v) is 4.87. The van der Waals surface area contributed by atoms with E-state index in [1.54, 1.807) is 0 Å². The second kappa shape index (κ2) is 6.18. The quantitative estimate of drug-likeness (QED) is 0.887. The Kier molecular flexibility index (Phi) is 4.53. The number of nitrogens with one attached hydrogen (secondary N) is 1.